The molecule has 0 fully saturated rings. The summed E-state index contributed by atoms with van der Waals surface area (Å²) in [6, 6.07) is 5.43. The Bertz CT molecular complexity index is 553. The lowest BCUT2D eigenvalue weighted by molar-refractivity contribution is 0.0613. The molecule has 0 saturated heterocycles. The highest BCUT2D eigenvalue weighted by atomic mass is 32.2. The maximum Gasteiger partial charge on any atom is 0.229 e. The number of sulfonamides is 1. The summed E-state index contributed by atoms with van der Waals surface area (Å²) in [5.41, 5.74) is 1.56. The number of hydrogen-bond donors (Lipinski definition) is 1. The molecule has 0 spiro atoms. The number of anilines is 1. The predicted molar refractivity (Wildman–Crippen MR) is 72.6 cm³/mol. The summed E-state index contributed by atoms with van der Waals surface area (Å²) in [4.78, 5) is 0. The van der Waals surface area contributed by atoms with E-state index < -0.39 is 10.0 Å². The number of ether oxygens (including phenoxy) is 1. The van der Waals surface area contributed by atoms with E-state index >= 15 is 0 Å². The van der Waals surface area contributed by atoms with Gasteiger partial charge in [0.05, 0.1) is 6.26 Å². The summed E-state index contributed by atoms with van der Waals surface area (Å²) < 4.78 is 30.8. The van der Waals surface area contributed by atoms with E-state index in [2.05, 4.69) is 18.6 Å². The van der Waals surface area contributed by atoms with E-state index in [0.29, 0.717) is 5.69 Å². The smallest absolute Gasteiger partial charge is 0.229 e. The van der Waals surface area contributed by atoms with E-state index in [1.807, 2.05) is 12.1 Å². The molecule has 1 atom stereocenters. The lowest BCUT2D eigenvalue weighted by Crippen LogP contribution is -2.35. The maximum atomic E-state index is 11.2. The average Bonchev–Trinajstić information content (AvgIpc) is 2.27. The van der Waals surface area contributed by atoms with Gasteiger partial charge in [-0.15, -0.1) is 0 Å². The third kappa shape index (κ3) is 2.96. The van der Waals surface area contributed by atoms with Crippen LogP contribution in [0.5, 0.6) is 5.75 Å². The van der Waals surface area contributed by atoms with Crippen molar-refractivity contribution < 1.29 is 13.2 Å². The van der Waals surface area contributed by atoms with Gasteiger partial charge in [0.25, 0.3) is 0 Å². The summed E-state index contributed by atoms with van der Waals surface area (Å²) in [5, 5.41) is 0. The van der Waals surface area contributed by atoms with Crippen molar-refractivity contribution in [2.45, 2.75) is 38.7 Å². The first-order valence-electron chi connectivity index (χ1n) is 6.11. The number of benzene rings is 1. The zero-order valence-corrected chi connectivity index (χ0v) is 11.8. The molecule has 4 nitrogen and oxygen atoms in total. The Morgan fingerprint density at radius 2 is 2.17 bits per heavy atom. The minimum absolute atomic E-state index is 0.0984. The summed E-state index contributed by atoms with van der Waals surface area (Å²) in [6.07, 6.45) is 3.99. The first-order valence-corrected chi connectivity index (χ1v) is 8.00. The minimum Gasteiger partial charge on any atom is -0.487 e. The van der Waals surface area contributed by atoms with E-state index in [4.69, 9.17) is 4.74 Å². The number of rotatable bonds is 3. The second-order valence-corrected chi connectivity index (χ2v) is 6.85. The van der Waals surface area contributed by atoms with Crippen LogP contribution in [-0.2, 0) is 16.4 Å². The van der Waals surface area contributed by atoms with Crippen LogP contribution in [-0.4, -0.2) is 20.3 Å². The summed E-state index contributed by atoms with van der Waals surface area (Å²) in [5.74, 6) is 0.865. The van der Waals surface area contributed by atoms with Crippen molar-refractivity contribution in [2.75, 3.05) is 11.0 Å². The van der Waals surface area contributed by atoms with Crippen LogP contribution in [0, 0.1) is 0 Å². The third-order valence-electron chi connectivity index (χ3n) is 3.39. The van der Waals surface area contributed by atoms with E-state index in [0.717, 1.165) is 36.8 Å². The predicted octanol–water partition coefficient (Wildman–Crippen LogP) is 2.55. The Hall–Kier alpha value is -1.23. The lowest BCUT2D eigenvalue weighted by atomic mass is 9.90. The Labute approximate surface area is 108 Å². The number of hydrogen-bond acceptors (Lipinski definition) is 3. The van der Waals surface area contributed by atoms with Gasteiger partial charge < -0.3 is 4.74 Å². The van der Waals surface area contributed by atoms with Crippen molar-refractivity contribution in [2.24, 2.45) is 0 Å². The molecular formula is C13H19NO3S. The fraction of sp³-hybridized carbons (Fsp3) is 0.538. The quantitative estimate of drug-likeness (QED) is 0.917. The largest absolute Gasteiger partial charge is 0.487 e. The fourth-order valence-electron chi connectivity index (χ4n) is 2.12. The normalized spacial score (nSPS) is 23.1. The summed E-state index contributed by atoms with van der Waals surface area (Å²) >= 11 is 0. The lowest BCUT2D eigenvalue weighted by Gasteiger charge is -2.35. The van der Waals surface area contributed by atoms with Gasteiger partial charge in [0.2, 0.25) is 10.0 Å². The van der Waals surface area contributed by atoms with Gasteiger partial charge in [0, 0.05) is 5.69 Å². The standard InChI is InChI=1S/C13H19NO3S/c1-4-13(2)8-7-10-9-11(14-18(3,15)16)5-6-12(10)17-13/h5-6,9,14H,4,7-8H2,1-3H3. The Morgan fingerprint density at radius 3 is 2.78 bits per heavy atom. The van der Waals surface area contributed by atoms with Gasteiger partial charge >= 0.3 is 0 Å². The van der Waals surface area contributed by atoms with Gasteiger partial charge in [-0.25, -0.2) is 8.42 Å². The Morgan fingerprint density at radius 1 is 1.44 bits per heavy atom. The number of aryl methyl sites for hydroxylation is 1. The van der Waals surface area contributed by atoms with Gasteiger partial charge in [0.1, 0.15) is 11.4 Å². The molecule has 0 amide bonds. The van der Waals surface area contributed by atoms with Gasteiger partial charge in [-0.1, -0.05) is 6.92 Å². The number of nitrogens with one attached hydrogen (secondary N) is 1. The molecule has 1 heterocycles. The fourth-order valence-corrected chi connectivity index (χ4v) is 2.67. The molecule has 2 rings (SSSR count). The Kier molecular flexibility index (Phi) is 3.27. The third-order valence-corrected chi connectivity index (χ3v) is 4.00. The first-order chi connectivity index (χ1) is 8.31. The molecule has 0 aliphatic carbocycles. The highest BCUT2D eigenvalue weighted by Gasteiger charge is 2.29. The molecule has 100 valence electrons. The molecule has 0 radical (unpaired) electrons. The van der Waals surface area contributed by atoms with Crippen molar-refractivity contribution in [1.29, 1.82) is 0 Å². The maximum absolute atomic E-state index is 11.2. The first kappa shape index (κ1) is 13.2. The Balaban J connectivity index is 2.25. The van der Waals surface area contributed by atoms with Crippen molar-refractivity contribution in [3.8, 4) is 5.75 Å². The molecule has 0 bridgehead atoms. The second kappa shape index (κ2) is 4.46. The van der Waals surface area contributed by atoms with Crippen LogP contribution in [0.3, 0.4) is 0 Å². The zero-order chi connectivity index (χ0) is 13.4. The highest BCUT2D eigenvalue weighted by Crippen LogP contribution is 2.36. The van der Waals surface area contributed by atoms with Crippen LogP contribution in [0.4, 0.5) is 5.69 Å². The van der Waals surface area contributed by atoms with Crippen LogP contribution in [0.2, 0.25) is 0 Å². The molecular weight excluding hydrogens is 250 g/mol. The molecule has 18 heavy (non-hydrogen) atoms. The minimum atomic E-state index is -3.22. The van der Waals surface area contributed by atoms with Crippen LogP contribution >= 0.6 is 0 Å². The summed E-state index contributed by atoms with van der Waals surface area (Å²) in [7, 11) is -3.22. The molecule has 0 saturated carbocycles. The molecule has 1 aliphatic heterocycles. The van der Waals surface area contributed by atoms with Crippen molar-refractivity contribution in [3.63, 3.8) is 0 Å². The molecule has 1 unspecified atom stereocenters. The van der Waals surface area contributed by atoms with Gasteiger partial charge in [0.15, 0.2) is 0 Å². The summed E-state index contributed by atoms with van der Waals surface area (Å²) in [6.45, 7) is 4.23. The van der Waals surface area contributed by atoms with Gasteiger partial charge in [-0.3, -0.25) is 4.72 Å². The van der Waals surface area contributed by atoms with Crippen molar-refractivity contribution in [1.82, 2.24) is 0 Å². The highest BCUT2D eigenvalue weighted by molar-refractivity contribution is 7.92. The van der Waals surface area contributed by atoms with E-state index in [9.17, 15) is 8.42 Å². The second-order valence-electron chi connectivity index (χ2n) is 5.10. The van der Waals surface area contributed by atoms with Crippen LogP contribution in [0.15, 0.2) is 18.2 Å². The molecule has 1 aromatic carbocycles. The van der Waals surface area contributed by atoms with Crippen molar-refractivity contribution >= 4 is 15.7 Å². The molecule has 0 aromatic heterocycles. The monoisotopic (exact) mass is 269 g/mol. The average molecular weight is 269 g/mol. The van der Waals surface area contributed by atoms with Crippen LogP contribution in [0.1, 0.15) is 32.3 Å². The molecule has 1 N–H and O–H groups in total. The zero-order valence-electron chi connectivity index (χ0n) is 11.0. The number of fused-ring (bicyclic) bond motifs is 1. The molecule has 1 aliphatic rings. The van der Waals surface area contributed by atoms with Crippen LogP contribution in [0.25, 0.3) is 0 Å². The van der Waals surface area contributed by atoms with Crippen LogP contribution < -0.4 is 9.46 Å². The molecule has 1 aromatic rings. The van der Waals surface area contributed by atoms with E-state index in [1.54, 1.807) is 6.07 Å². The van der Waals surface area contributed by atoms with Crippen molar-refractivity contribution in [3.05, 3.63) is 23.8 Å². The van der Waals surface area contributed by atoms with E-state index in [-0.39, 0.29) is 5.60 Å². The van der Waals surface area contributed by atoms with E-state index in [1.165, 1.54) is 0 Å². The van der Waals surface area contributed by atoms with Gasteiger partial charge in [-0.05, 0) is 49.9 Å². The SMILES string of the molecule is CCC1(C)CCc2cc(NS(C)(=O)=O)ccc2O1. The topological polar surface area (TPSA) is 55.4 Å². The molecule has 5 heteroatoms. The van der Waals surface area contributed by atoms with Gasteiger partial charge in [-0.2, -0.15) is 0 Å².